The molecule has 4 rings (SSSR count). The van der Waals surface area contributed by atoms with Gasteiger partial charge in [-0.15, -0.1) is 11.3 Å². The van der Waals surface area contributed by atoms with Crippen molar-refractivity contribution in [1.29, 1.82) is 0 Å². The maximum absolute atomic E-state index is 13.1. The molecule has 8 heteroatoms. The maximum Gasteiger partial charge on any atom is 0.318 e. The monoisotopic (exact) mass is 391 g/mol. The Kier molecular flexibility index (Phi) is 5.39. The van der Waals surface area contributed by atoms with Gasteiger partial charge < -0.3 is 25.3 Å². The molecule has 1 aromatic rings. The largest absolute Gasteiger partial charge is 0.336 e. The van der Waals surface area contributed by atoms with E-state index < -0.39 is 0 Å². The number of carbonyl (C=O) groups is 2. The van der Waals surface area contributed by atoms with Crippen LogP contribution in [0, 0.1) is 0 Å². The van der Waals surface area contributed by atoms with E-state index in [1.807, 2.05) is 30.4 Å². The molecule has 3 aliphatic rings. The van der Waals surface area contributed by atoms with Crippen LogP contribution in [0.3, 0.4) is 0 Å². The zero-order valence-corrected chi connectivity index (χ0v) is 16.9. The second-order valence-electron chi connectivity index (χ2n) is 8.06. The summed E-state index contributed by atoms with van der Waals surface area (Å²) in [6.45, 7) is 4.05. The van der Waals surface area contributed by atoms with E-state index >= 15 is 0 Å². The number of rotatable bonds is 4. The van der Waals surface area contributed by atoms with Crippen molar-refractivity contribution in [3.63, 3.8) is 0 Å². The van der Waals surface area contributed by atoms with Gasteiger partial charge in [-0.1, -0.05) is 0 Å². The smallest absolute Gasteiger partial charge is 0.318 e. The van der Waals surface area contributed by atoms with Crippen LogP contribution in [0.1, 0.15) is 34.5 Å². The van der Waals surface area contributed by atoms with Gasteiger partial charge in [0.1, 0.15) is 0 Å². The normalized spacial score (nSPS) is 26.4. The fourth-order valence-electron chi connectivity index (χ4n) is 4.64. The highest BCUT2D eigenvalue weighted by molar-refractivity contribution is 7.12. The zero-order chi connectivity index (χ0) is 19.0. The Labute approximate surface area is 164 Å². The number of nitrogens with one attached hydrogen (secondary N) is 2. The van der Waals surface area contributed by atoms with E-state index in [1.165, 1.54) is 11.3 Å². The summed E-state index contributed by atoms with van der Waals surface area (Å²) >= 11 is 1.52. The van der Waals surface area contributed by atoms with Gasteiger partial charge >= 0.3 is 6.03 Å². The Hall–Kier alpha value is -1.64. The number of hydrogen-bond donors (Lipinski definition) is 2. The van der Waals surface area contributed by atoms with Crippen LogP contribution in [-0.2, 0) is 6.54 Å². The average molecular weight is 392 g/mol. The van der Waals surface area contributed by atoms with Gasteiger partial charge in [-0.3, -0.25) is 4.79 Å². The summed E-state index contributed by atoms with van der Waals surface area (Å²) in [5.74, 6) is 0.106. The Bertz CT molecular complexity index is 700. The van der Waals surface area contributed by atoms with E-state index in [1.54, 1.807) is 0 Å². The lowest BCUT2D eigenvalue weighted by Gasteiger charge is -2.40. The Balaban J connectivity index is 1.44. The predicted molar refractivity (Wildman–Crippen MR) is 106 cm³/mol. The van der Waals surface area contributed by atoms with Crippen molar-refractivity contribution in [3.8, 4) is 0 Å². The minimum atomic E-state index is 0.0438. The fourth-order valence-corrected chi connectivity index (χ4v) is 5.52. The Morgan fingerprint density at radius 1 is 1.30 bits per heavy atom. The lowest BCUT2D eigenvalue weighted by atomic mass is 9.96. The number of fused-ring (bicyclic) bond motifs is 1. The molecule has 3 amide bonds. The second-order valence-corrected chi connectivity index (χ2v) is 8.98. The summed E-state index contributed by atoms with van der Waals surface area (Å²) < 4.78 is 0. The molecule has 2 N–H and O–H groups in total. The van der Waals surface area contributed by atoms with Crippen LogP contribution in [0.4, 0.5) is 4.79 Å². The minimum absolute atomic E-state index is 0.0438. The quantitative estimate of drug-likeness (QED) is 0.809. The van der Waals surface area contributed by atoms with Gasteiger partial charge in [-0.05, 0) is 63.5 Å². The van der Waals surface area contributed by atoms with Gasteiger partial charge in [0, 0.05) is 25.7 Å². The number of urea groups is 1. The van der Waals surface area contributed by atoms with Gasteiger partial charge in [0.2, 0.25) is 0 Å². The first kappa shape index (κ1) is 18.7. The molecule has 2 unspecified atom stereocenters. The summed E-state index contributed by atoms with van der Waals surface area (Å²) in [6, 6.07) is 2.68. The van der Waals surface area contributed by atoms with Crippen molar-refractivity contribution in [2.24, 2.45) is 0 Å². The van der Waals surface area contributed by atoms with Crippen LogP contribution < -0.4 is 10.6 Å². The van der Waals surface area contributed by atoms with Gasteiger partial charge in [0.15, 0.2) is 0 Å². The van der Waals surface area contributed by atoms with Crippen molar-refractivity contribution < 1.29 is 9.59 Å². The lowest BCUT2D eigenvalue weighted by Crippen LogP contribution is -2.55. The van der Waals surface area contributed by atoms with E-state index in [0.29, 0.717) is 12.6 Å². The SMILES string of the molecule is CN(C)Cc1ccsc1C(=O)N1CCC2C(C1)NC(=O)N2C1CCNCC1. The first-order valence-corrected chi connectivity index (χ1v) is 10.7. The highest BCUT2D eigenvalue weighted by Crippen LogP contribution is 2.29. The molecule has 2 atom stereocenters. The molecule has 0 radical (unpaired) electrons. The van der Waals surface area contributed by atoms with E-state index in [4.69, 9.17) is 0 Å². The standard InChI is InChI=1S/C19H29N5O2S/c1-22(2)11-13-6-10-27-17(13)18(25)23-9-5-16-15(12-23)21-19(26)24(16)14-3-7-20-8-4-14/h6,10,14-16,20H,3-5,7-9,11-12H2,1-2H3,(H,21,26). The van der Waals surface area contributed by atoms with Crippen molar-refractivity contribution in [2.75, 3.05) is 40.3 Å². The second kappa shape index (κ2) is 7.77. The van der Waals surface area contributed by atoms with Crippen molar-refractivity contribution in [3.05, 3.63) is 21.9 Å². The molecule has 148 valence electrons. The molecule has 0 saturated carbocycles. The van der Waals surface area contributed by atoms with Crippen LogP contribution in [-0.4, -0.2) is 85.0 Å². The number of nitrogens with zero attached hydrogens (tertiary/aromatic N) is 3. The molecule has 27 heavy (non-hydrogen) atoms. The molecule has 4 heterocycles. The molecule has 3 fully saturated rings. The Morgan fingerprint density at radius 3 is 2.81 bits per heavy atom. The lowest BCUT2D eigenvalue weighted by molar-refractivity contribution is 0.0627. The molecular formula is C19H29N5O2S. The molecule has 7 nitrogen and oxygen atoms in total. The van der Waals surface area contributed by atoms with Gasteiger partial charge in [-0.2, -0.15) is 0 Å². The molecule has 3 aliphatic heterocycles. The zero-order valence-electron chi connectivity index (χ0n) is 16.1. The van der Waals surface area contributed by atoms with Crippen LogP contribution in [0.25, 0.3) is 0 Å². The molecular weight excluding hydrogens is 362 g/mol. The minimum Gasteiger partial charge on any atom is -0.336 e. The van der Waals surface area contributed by atoms with Crippen molar-refractivity contribution in [2.45, 2.75) is 43.9 Å². The van der Waals surface area contributed by atoms with Crippen LogP contribution >= 0.6 is 11.3 Å². The number of piperidine rings is 2. The van der Waals surface area contributed by atoms with Gasteiger partial charge in [0.05, 0.1) is 17.0 Å². The number of hydrogen-bond acceptors (Lipinski definition) is 5. The predicted octanol–water partition coefficient (Wildman–Crippen LogP) is 1.17. The van der Waals surface area contributed by atoms with Crippen molar-refractivity contribution in [1.82, 2.24) is 25.3 Å². The molecule has 0 spiro atoms. The Morgan fingerprint density at radius 2 is 2.07 bits per heavy atom. The van der Waals surface area contributed by atoms with E-state index in [9.17, 15) is 9.59 Å². The third-order valence-corrected chi connectivity index (χ3v) is 6.84. The van der Waals surface area contributed by atoms with Crippen LogP contribution in [0.5, 0.6) is 0 Å². The number of carbonyl (C=O) groups excluding carboxylic acids is 2. The first-order chi connectivity index (χ1) is 13.0. The van der Waals surface area contributed by atoms with Gasteiger partial charge in [0.25, 0.3) is 5.91 Å². The van der Waals surface area contributed by atoms with Crippen LogP contribution in [0.2, 0.25) is 0 Å². The van der Waals surface area contributed by atoms with Crippen LogP contribution in [0.15, 0.2) is 11.4 Å². The molecule has 3 saturated heterocycles. The maximum atomic E-state index is 13.1. The third-order valence-electron chi connectivity index (χ3n) is 5.89. The number of likely N-dealkylation sites (tertiary alicyclic amines) is 1. The third kappa shape index (κ3) is 3.70. The fraction of sp³-hybridized carbons (Fsp3) is 0.684. The van der Waals surface area contributed by atoms with E-state index in [-0.39, 0.29) is 24.0 Å². The molecule has 0 bridgehead atoms. The summed E-state index contributed by atoms with van der Waals surface area (Å²) in [5, 5.41) is 8.51. The topological polar surface area (TPSA) is 67.9 Å². The highest BCUT2D eigenvalue weighted by Gasteiger charge is 2.46. The van der Waals surface area contributed by atoms with E-state index in [2.05, 4.69) is 20.4 Å². The van der Waals surface area contributed by atoms with Gasteiger partial charge in [-0.25, -0.2) is 4.79 Å². The number of amides is 3. The summed E-state index contributed by atoms with van der Waals surface area (Å²) in [5.41, 5.74) is 1.09. The summed E-state index contributed by atoms with van der Waals surface area (Å²) in [6.07, 6.45) is 2.89. The average Bonchev–Trinajstić information content (AvgIpc) is 3.23. The van der Waals surface area contributed by atoms with Crippen molar-refractivity contribution >= 4 is 23.3 Å². The summed E-state index contributed by atoms with van der Waals surface area (Å²) in [4.78, 5) is 32.6. The first-order valence-electron chi connectivity index (χ1n) is 9.84. The molecule has 0 aromatic carbocycles. The highest BCUT2D eigenvalue weighted by atomic mass is 32.1. The van der Waals surface area contributed by atoms with E-state index in [0.717, 1.165) is 55.9 Å². The summed E-state index contributed by atoms with van der Waals surface area (Å²) in [7, 11) is 4.03. The molecule has 1 aromatic heterocycles. The number of thiophene rings is 1. The molecule has 0 aliphatic carbocycles.